The third-order valence-electron chi connectivity index (χ3n) is 6.94. The van der Waals surface area contributed by atoms with Crippen molar-refractivity contribution in [1.82, 2.24) is 0 Å². The number of benzene rings is 3. The number of rotatable bonds is 4. The van der Waals surface area contributed by atoms with E-state index in [1.54, 1.807) is 0 Å². The van der Waals surface area contributed by atoms with Gasteiger partial charge in [0.1, 0.15) is 11.5 Å². The maximum Gasteiger partial charge on any atom is 0.239 e. The zero-order valence-corrected chi connectivity index (χ0v) is 19.1. The number of hydrogen-bond donors (Lipinski definition) is 0. The number of aryl methyl sites for hydroxylation is 2. The van der Waals surface area contributed by atoms with Crippen LogP contribution in [0.4, 0.5) is 5.69 Å². The maximum atomic E-state index is 14.1. The van der Waals surface area contributed by atoms with Crippen LogP contribution in [0.1, 0.15) is 57.1 Å². The van der Waals surface area contributed by atoms with E-state index in [1.165, 1.54) is 0 Å². The summed E-state index contributed by atoms with van der Waals surface area (Å²) in [5.41, 5.74) is 6.29. The predicted molar refractivity (Wildman–Crippen MR) is 132 cm³/mol. The van der Waals surface area contributed by atoms with Crippen LogP contribution in [-0.2, 0) is 17.8 Å². The minimum Gasteiger partial charge on any atom is -0.460 e. The minimum absolute atomic E-state index is 0.0135. The standard InChI is InChI=1S/C30H25NO3/c1-19-14-16-21(17-15-19)29-28(27-24(32)12-7-13-25(27)34-29)26-22-10-5-6-11-23(22)31(30(26)33)18-20-8-3-2-4-9-20/h2-6,8-11,14-17,26H,7,12-13,18H2,1H3. The number of amides is 1. The molecule has 1 aromatic heterocycles. The number of carbonyl (C=O) groups excluding carboxylic acids is 2. The summed E-state index contributed by atoms with van der Waals surface area (Å²) < 4.78 is 6.37. The van der Waals surface area contributed by atoms with Crippen LogP contribution >= 0.6 is 0 Å². The Hall–Kier alpha value is -3.92. The summed E-state index contributed by atoms with van der Waals surface area (Å²) in [6, 6.07) is 26.0. The number of anilines is 1. The Kier molecular flexibility index (Phi) is 4.95. The molecule has 1 aliphatic heterocycles. The quantitative estimate of drug-likeness (QED) is 0.361. The van der Waals surface area contributed by atoms with Crippen molar-refractivity contribution in [2.45, 2.75) is 38.6 Å². The van der Waals surface area contributed by atoms with Crippen molar-refractivity contribution in [3.05, 3.63) is 112 Å². The van der Waals surface area contributed by atoms with Crippen LogP contribution in [0.3, 0.4) is 0 Å². The van der Waals surface area contributed by atoms with Crippen molar-refractivity contribution in [1.29, 1.82) is 0 Å². The first-order valence-electron chi connectivity index (χ1n) is 11.8. The molecule has 0 spiro atoms. The molecule has 0 saturated carbocycles. The molecule has 168 valence electrons. The van der Waals surface area contributed by atoms with E-state index in [1.807, 2.05) is 90.7 Å². The first-order chi connectivity index (χ1) is 16.6. The van der Waals surface area contributed by atoms with Gasteiger partial charge in [0.05, 0.1) is 18.0 Å². The molecule has 6 rings (SSSR count). The molecule has 2 aliphatic rings. The molecule has 1 aliphatic carbocycles. The second-order valence-corrected chi connectivity index (χ2v) is 9.19. The lowest BCUT2D eigenvalue weighted by atomic mass is 9.83. The predicted octanol–water partition coefficient (Wildman–Crippen LogP) is 6.45. The van der Waals surface area contributed by atoms with Crippen LogP contribution in [-0.4, -0.2) is 11.7 Å². The molecule has 0 radical (unpaired) electrons. The lowest BCUT2D eigenvalue weighted by molar-refractivity contribution is -0.118. The average molecular weight is 448 g/mol. The van der Waals surface area contributed by atoms with Gasteiger partial charge in [-0.3, -0.25) is 9.59 Å². The van der Waals surface area contributed by atoms with E-state index in [0.717, 1.165) is 46.3 Å². The molecule has 0 bridgehead atoms. The molecule has 0 saturated heterocycles. The van der Waals surface area contributed by atoms with Crippen LogP contribution in [0.2, 0.25) is 0 Å². The van der Waals surface area contributed by atoms with Gasteiger partial charge in [-0.15, -0.1) is 0 Å². The van der Waals surface area contributed by atoms with Crippen LogP contribution in [0.15, 0.2) is 83.3 Å². The fraction of sp³-hybridized carbons (Fsp3) is 0.200. The number of ketones is 1. The highest BCUT2D eigenvalue weighted by Crippen LogP contribution is 2.48. The van der Waals surface area contributed by atoms with Crippen LogP contribution < -0.4 is 4.90 Å². The smallest absolute Gasteiger partial charge is 0.239 e. The van der Waals surface area contributed by atoms with E-state index in [4.69, 9.17) is 4.42 Å². The van der Waals surface area contributed by atoms with Crippen molar-refractivity contribution in [2.75, 3.05) is 4.90 Å². The molecular weight excluding hydrogens is 422 g/mol. The van der Waals surface area contributed by atoms with Crippen LogP contribution in [0, 0.1) is 6.92 Å². The van der Waals surface area contributed by atoms with Crippen LogP contribution in [0.5, 0.6) is 0 Å². The number of fused-ring (bicyclic) bond motifs is 2. The number of furan rings is 1. The first-order valence-corrected chi connectivity index (χ1v) is 11.8. The molecule has 1 atom stereocenters. The molecule has 4 nitrogen and oxygen atoms in total. The lowest BCUT2D eigenvalue weighted by Gasteiger charge is -2.19. The SMILES string of the molecule is Cc1ccc(-c2oc3c(c2C2C(=O)N(Cc4ccccc4)c4ccccc42)C(=O)CCC3)cc1. The summed E-state index contributed by atoms with van der Waals surface area (Å²) in [5, 5.41) is 0. The highest BCUT2D eigenvalue weighted by molar-refractivity contribution is 6.11. The number of hydrogen-bond acceptors (Lipinski definition) is 3. The van der Waals surface area contributed by atoms with Gasteiger partial charge in [-0.25, -0.2) is 0 Å². The van der Waals surface area contributed by atoms with Gasteiger partial charge >= 0.3 is 0 Å². The molecule has 3 aromatic carbocycles. The van der Waals surface area contributed by atoms with Crippen LogP contribution in [0.25, 0.3) is 11.3 Å². The number of nitrogens with zero attached hydrogens (tertiary/aromatic N) is 1. The molecular formula is C30H25NO3. The second kappa shape index (κ2) is 8.14. The number of Topliss-reactive ketones (excluding diaryl/α,β-unsaturated/α-hetero) is 1. The van der Waals surface area contributed by atoms with Crippen molar-refractivity contribution >= 4 is 17.4 Å². The van der Waals surface area contributed by atoms with Gasteiger partial charge in [-0.1, -0.05) is 78.4 Å². The topological polar surface area (TPSA) is 50.5 Å². The third-order valence-corrected chi connectivity index (χ3v) is 6.94. The van der Waals surface area contributed by atoms with Gasteiger partial charge in [0, 0.05) is 29.7 Å². The van der Waals surface area contributed by atoms with E-state index in [-0.39, 0.29) is 11.7 Å². The van der Waals surface area contributed by atoms with Gasteiger partial charge in [0.25, 0.3) is 0 Å². The summed E-state index contributed by atoms with van der Waals surface area (Å²) in [6.45, 7) is 2.53. The molecule has 0 fully saturated rings. The monoisotopic (exact) mass is 447 g/mol. The lowest BCUT2D eigenvalue weighted by Crippen LogP contribution is -2.29. The Morgan fingerprint density at radius 3 is 2.41 bits per heavy atom. The normalized spacial score (nSPS) is 17.1. The fourth-order valence-electron chi connectivity index (χ4n) is 5.30. The number of para-hydroxylation sites is 1. The zero-order valence-electron chi connectivity index (χ0n) is 19.1. The van der Waals surface area contributed by atoms with E-state index in [0.29, 0.717) is 30.0 Å². The fourth-order valence-corrected chi connectivity index (χ4v) is 5.30. The molecule has 1 amide bonds. The van der Waals surface area contributed by atoms with E-state index in [2.05, 4.69) is 0 Å². The van der Waals surface area contributed by atoms with Gasteiger partial charge in [-0.05, 0) is 30.5 Å². The molecule has 4 aromatic rings. The first kappa shape index (κ1) is 20.7. The van der Waals surface area contributed by atoms with Crippen molar-refractivity contribution in [3.8, 4) is 11.3 Å². The Morgan fingerprint density at radius 1 is 0.882 bits per heavy atom. The minimum atomic E-state index is -0.564. The summed E-state index contributed by atoms with van der Waals surface area (Å²) >= 11 is 0. The molecule has 0 N–H and O–H groups in total. The molecule has 1 unspecified atom stereocenters. The van der Waals surface area contributed by atoms with Gasteiger partial charge < -0.3 is 9.32 Å². The zero-order chi connectivity index (χ0) is 23.2. The Morgan fingerprint density at radius 2 is 1.62 bits per heavy atom. The Labute approximate surface area is 198 Å². The molecule has 2 heterocycles. The van der Waals surface area contributed by atoms with Gasteiger partial charge in [0.2, 0.25) is 5.91 Å². The molecule has 4 heteroatoms. The van der Waals surface area contributed by atoms with E-state index >= 15 is 0 Å². The largest absolute Gasteiger partial charge is 0.460 e. The van der Waals surface area contributed by atoms with Crippen molar-refractivity contribution < 1.29 is 14.0 Å². The Balaban J connectivity index is 1.54. The summed E-state index contributed by atoms with van der Waals surface area (Å²) in [5.74, 6) is 0.861. The highest BCUT2D eigenvalue weighted by atomic mass is 16.3. The van der Waals surface area contributed by atoms with Crippen molar-refractivity contribution in [3.63, 3.8) is 0 Å². The number of carbonyl (C=O) groups is 2. The molecule has 34 heavy (non-hydrogen) atoms. The average Bonchev–Trinajstić information content (AvgIpc) is 3.36. The highest BCUT2D eigenvalue weighted by Gasteiger charge is 2.44. The van der Waals surface area contributed by atoms with E-state index in [9.17, 15) is 9.59 Å². The maximum absolute atomic E-state index is 14.1. The third kappa shape index (κ3) is 3.29. The Bertz CT molecular complexity index is 1400. The van der Waals surface area contributed by atoms with Crippen molar-refractivity contribution in [2.24, 2.45) is 0 Å². The summed E-state index contributed by atoms with van der Waals surface area (Å²) in [6.07, 6.45) is 1.99. The van der Waals surface area contributed by atoms with Gasteiger partial charge in [-0.2, -0.15) is 0 Å². The second-order valence-electron chi connectivity index (χ2n) is 9.19. The summed E-state index contributed by atoms with van der Waals surface area (Å²) in [4.78, 5) is 29.1. The van der Waals surface area contributed by atoms with Gasteiger partial charge in [0.15, 0.2) is 5.78 Å². The summed E-state index contributed by atoms with van der Waals surface area (Å²) in [7, 11) is 0. The van der Waals surface area contributed by atoms with E-state index < -0.39 is 5.92 Å².